The standard InChI is InChI=1S/C21H19F3N4O2S/c1-13-18(12-25-28(13)16-8-4-6-14(10-16)21(22,23)24)19(29)26-15-7-5-9-17(11-15)31-20(30)27(2)3/h4-12H,1-3H3,(H,26,29). The molecule has 2 amide bonds. The molecule has 0 fully saturated rings. The first kappa shape index (κ1) is 22.4. The Morgan fingerprint density at radius 3 is 2.48 bits per heavy atom. The number of amides is 2. The van der Waals surface area contributed by atoms with Crippen molar-refractivity contribution < 1.29 is 22.8 Å². The molecule has 10 heteroatoms. The second kappa shape index (κ2) is 8.84. The molecule has 2 aromatic carbocycles. The largest absolute Gasteiger partial charge is 0.416 e. The average Bonchev–Trinajstić information content (AvgIpc) is 3.09. The predicted molar refractivity (Wildman–Crippen MR) is 113 cm³/mol. The van der Waals surface area contributed by atoms with Crippen molar-refractivity contribution in [2.75, 3.05) is 19.4 Å². The van der Waals surface area contributed by atoms with Crippen LogP contribution in [0.1, 0.15) is 21.6 Å². The molecule has 0 atom stereocenters. The van der Waals surface area contributed by atoms with E-state index in [1.54, 1.807) is 45.3 Å². The highest BCUT2D eigenvalue weighted by Gasteiger charge is 2.30. The SMILES string of the molecule is Cc1c(C(=O)Nc2cccc(SC(=O)N(C)C)c2)cnn1-c1cccc(C(F)(F)F)c1. The number of rotatable bonds is 4. The van der Waals surface area contributed by atoms with Crippen LogP contribution in [-0.4, -0.2) is 39.9 Å². The summed E-state index contributed by atoms with van der Waals surface area (Å²) in [5, 5.41) is 6.66. The Kier molecular flexibility index (Phi) is 6.40. The number of aromatic nitrogens is 2. The molecule has 6 nitrogen and oxygen atoms in total. The second-order valence-electron chi connectivity index (χ2n) is 6.85. The van der Waals surface area contributed by atoms with Gasteiger partial charge in [0, 0.05) is 24.7 Å². The minimum Gasteiger partial charge on any atom is -0.339 e. The van der Waals surface area contributed by atoms with Crippen LogP contribution in [0, 0.1) is 6.92 Å². The smallest absolute Gasteiger partial charge is 0.339 e. The number of nitrogens with one attached hydrogen (secondary N) is 1. The molecule has 1 heterocycles. The maximum atomic E-state index is 13.0. The van der Waals surface area contributed by atoms with Gasteiger partial charge in [0.05, 0.1) is 28.7 Å². The van der Waals surface area contributed by atoms with E-state index in [4.69, 9.17) is 0 Å². The van der Waals surface area contributed by atoms with Crippen LogP contribution in [0.3, 0.4) is 0 Å². The molecule has 31 heavy (non-hydrogen) atoms. The third-order valence-electron chi connectivity index (χ3n) is 4.33. The van der Waals surface area contributed by atoms with E-state index in [0.717, 1.165) is 23.9 Å². The van der Waals surface area contributed by atoms with Crippen molar-refractivity contribution in [2.24, 2.45) is 0 Å². The zero-order chi connectivity index (χ0) is 22.8. The van der Waals surface area contributed by atoms with Crippen molar-refractivity contribution in [3.63, 3.8) is 0 Å². The fourth-order valence-corrected chi connectivity index (χ4v) is 3.45. The van der Waals surface area contributed by atoms with Gasteiger partial charge in [0.25, 0.3) is 11.1 Å². The van der Waals surface area contributed by atoms with Crippen molar-refractivity contribution in [3.8, 4) is 5.69 Å². The van der Waals surface area contributed by atoms with Gasteiger partial charge in [0.2, 0.25) is 0 Å². The van der Waals surface area contributed by atoms with Crippen LogP contribution in [0.5, 0.6) is 0 Å². The quantitative estimate of drug-likeness (QED) is 0.556. The summed E-state index contributed by atoms with van der Waals surface area (Å²) in [5.41, 5.74) is 0.497. The monoisotopic (exact) mass is 448 g/mol. The Labute approximate surface area is 181 Å². The Balaban J connectivity index is 1.81. The van der Waals surface area contributed by atoms with E-state index in [-0.39, 0.29) is 16.5 Å². The van der Waals surface area contributed by atoms with Crippen LogP contribution in [0.4, 0.5) is 23.7 Å². The van der Waals surface area contributed by atoms with Crippen LogP contribution in [0.15, 0.2) is 59.6 Å². The normalized spacial score (nSPS) is 11.3. The summed E-state index contributed by atoms with van der Waals surface area (Å²) in [6.45, 7) is 1.60. The van der Waals surface area contributed by atoms with Gasteiger partial charge in [-0.15, -0.1) is 0 Å². The van der Waals surface area contributed by atoms with Crippen LogP contribution in [0.2, 0.25) is 0 Å². The lowest BCUT2D eigenvalue weighted by Gasteiger charge is -2.11. The summed E-state index contributed by atoms with van der Waals surface area (Å²) in [6, 6.07) is 11.5. The summed E-state index contributed by atoms with van der Waals surface area (Å²) in [5.74, 6) is -0.461. The molecule has 0 saturated carbocycles. The minimum atomic E-state index is -4.48. The predicted octanol–water partition coefficient (Wildman–Crippen LogP) is 5.23. The summed E-state index contributed by atoms with van der Waals surface area (Å²) in [4.78, 5) is 26.7. The molecule has 3 rings (SSSR count). The lowest BCUT2D eigenvalue weighted by molar-refractivity contribution is -0.137. The highest BCUT2D eigenvalue weighted by Crippen LogP contribution is 2.30. The van der Waals surface area contributed by atoms with Gasteiger partial charge < -0.3 is 10.2 Å². The lowest BCUT2D eigenvalue weighted by atomic mass is 10.2. The van der Waals surface area contributed by atoms with E-state index in [1.807, 2.05) is 0 Å². The Hall–Kier alpha value is -3.27. The topological polar surface area (TPSA) is 67.2 Å². The lowest BCUT2D eigenvalue weighted by Crippen LogP contribution is -2.16. The van der Waals surface area contributed by atoms with Gasteiger partial charge in [-0.1, -0.05) is 12.1 Å². The van der Waals surface area contributed by atoms with Crippen molar-refractivity contribution >= 4 is 28.6 Å². The van der Waals surface area contributed by atoms with Crippen molar-refractivity contribution in [2.45, 2.75) is 18.0 Å². The number of nitrogens with zero attached hydrogens (tertiary/aromatic N) is 3. The number of halogens is 3. The van der Waals surface area contributed by atoms with Gasteiger partial charge in [-0.2, -0.15) is 18.3 Å². The molecule has 162 valence electrons. The second-order valence-corrected chi connectivity index (χ2v) is 7.87. The van der Waals surface area contributed by atoms with E-state index in [9.17, 15) is 22.8 Å². The molecule has 0 aliphatic rings. The van der Waals surface area contributed by atoms with Crippen molar-refractivity contribution in [3.05, 3.63) is 71.5 Å². The molecular formula is C21H19F3N4O2S. The van der Waals surface area contributed by atoms with Crippen LogP contribution in [-0.2, 0) is 6.18 Å². The van der Waals surface area contributed by atoms with Crippen molar-refractivity contribution in [1.29, 1.82) is 0 Å². The van der Waals surface area contributed by atoms with Crippen LogP contribution < -0.4 is 5.32 Å². The first-order chi connectivity index (χ1) is 14.6. The van der Waals surface area contributed by atoms with Crippen molar-refractivity contribution in [1.82, 2.24) is 14.7 Å². The van der Waals surface area contributed by atoms with Gasteiger partial charge in [-0.05, 0) is 55.1 Å². The third kappa shape index (κ3) is 5.26. The Morgan fingerprint density at radius 2 is 1.81 bits per heavy atom. The first-order valence-electron chi connectivity index (χ1n) is 9.09. The number of anilines is 1. The number of alkyl halides is 3. The van der Waals surface area contributed by atoms with E-state index < -0.39 is 17.6 Å². The number of hydrogen-bond acceptors (Lipinski definition) is 4. The van der Waals surface area contributed by atoms with Gasteiger partial charge in [0.1, 0.15) is 0 Å². The molecule has 3 aromatic rings. The van der Waals surface area contributed by atoms with Gasteiger partial charge in [-0.25, -0.2) is 4.68 Å². The molecule has 0 unspecified atom stereocenters. The van der Waals surface area contributed by atoms with E-state index in [0.29, 0.717) is 16.3 Å². The molecule has 0 aliphatic heterocycles. The summed E-state index contributed by atoms with van der Waals surface area (Å²) >= 11 is 1.02. The first-order valence-corrected chi connectivity index (χ1v) is 9.90. The van der Waals surface area contributed by atoms with Gasteiger partial charge in [0.15, 0.2) is 0 Å². The molecule has 0 aliphatic carbocycles. The maximum absolute atomic E-state index is 13.0. The molecular weight excluding hydrogens is 429 g/mol. The Morgan fingerprint density at radius 1 is 1.10 bits per heavy atom. The summed E-state index contributed by atoms with van der Waals surface area (Å²) < 4.78 is 40.3. The Bertz CT molecular complexity index is 1130. The fraction of sp³-hybridized carbons (Fsp3) is 0.190. The maximum Gasteiger partial charge on any atom is 0.416 e. The molecule has 1 N–H and O–H groups in total. The minimum absolute atomic E-state index is 0.151. The summed E-state index contributed by atoms with van der Waals surface area (Å²) in [6.07, 6.45) is -3.17. The molecule has 0 spiro atoms. The molecule has 1 aromatic heterocycles. The number of hydrogen-bond donors (Lipinski definition) is 1. The number of carbonyl (C=O) groups is 2. The van der Waals surface area contributed by atoms with E-state index in [1.165, 1.54) is 27.9 Å². The molecule has 0 bridgehead atoms. The zero-order valence-electron chi connectivity index (χ0n) is 16.9. The van der Waals surface area contributed by atoms with E-state index in [2.05, 4.69) is 10.4 Å². The highest BCUT2D eigenvalue weighted by molar-refractivity contribution is 8.13. The molecule has 0 saturated heterocycles. The molecule has 0 radical (unpaired) electrons. The highest BCUT2D eigenvalue weighted by atomic mass is 32.2. The third-order valence-corrected chi connectivity index (χ3v) is 5.36. The van der Waals surface area contributed by atoms with Gasteiger partial charge in [-0.3, -0.25) is 9.59 Å². The van der Waals surface area contributed by atoms with Crippen LogP contribution in [0.25, 0.3) is 5.69 Å². The number of carbonyl (C=O) groups excluding carboxylic acids is 2. The summed E-state index contributed by atoms with van der Waals surface area (Å²) in [7, 11) is 3.29. The van der Waals surface area contributed by atoms with Crippen LogP contribution >= 0.6 is 11.8 Å². The van der Waals surface area contributed by atoms with Gasteiger partial charge >= 0.3 is 6.18 Å². The average molecular weight is 448 g/mol. The fourth-order valence-electron chi connectivity index (χ4n) is 2.73. The zero-order valence-corrected chi connectivity index (χ0v) is 17.7. The number of thioether (sulfide) groups is 1. The van der Waals surface area contributed by atoms with E-state index >= 15 is 0 Å². The number of benzene rings is 2.